The number of nitrogens with one attached hydrogen (secondary N) is 2. The number of nitrogens with zero attached hydrogens (tertiary/aromatic N) is 3. The first-order valence-electron chi connectivity index (χ1n) is 6.96. The van der Waals surface area contributed by atoms with Crippen molar-refractivity contribution in [3.8, 4) is 0 Å². The SMILES string of the molecule is CN1CCN(CC(=O)Nc2n[nH]c3cc(Cl)ccc23)CC1. The van der Waals surface area contributed by atoms with Gasteiger partial charge >= 0.3 is 0 Å². The maximum Gasteiger partial charge on any atom is 0.239 e. The highest BCUT2D eigenvalue weighted by molar-refractivity contribution is 6.31. The predicted molar refractivity (Wildman–Crippen MR) is 83.7 cm³/mol. The first-order chi connectivity index (χ1) is 10.1. The normalized spacial score (nSPS) is 17.2. The third-order valence-electron chi connectivity index (χ3n) is 3.75. The van der Waals surface area contributed by atoms with E-state index in [2.05, 4.69) is 32.4 Å². The lowest BCUT2D eigenvalue weighted by Gasteiger charge is -2.31. The molecule has 0 radical (unpaired) electrons. The molecule has 0 bridgehead atoms. The van der Waals surface area contributed by atoms with Crippen molar-refractivity contribution in [2.75, 3.05) is 45.1 Å². The average molecular weight is 308 g/mol. The zero-order valence-electron chi connectivity index (χ0n) is 11.9. The molecule has 21 heavy (non-hydrogen) atoms. The molecule has 0 aliphatic carbocycles. The van der Waals surface area contributed by atoms with E-state index in [4.69, 9.17) is 11.6 Å². The summed E-state index contributed by atoms with van der Waals surface area (Å²) in [6, 6.07) is 5.43. The lowest BCUT2D eigenvalue weighted by molar-refractivity contribution is -0.117. The van der Waals surface area contributed by atoms with Crippen LogP contribution in [0, 0.1) is 0 Å². The second-order valence-corrected chi connectivity index (χ2v) is 5.83. The fourth-order valence-corrected chi connectivity index (χ4v) is 2.64. The average Bonchev–Trinajstić information content (AvgIpc) is 2.83. The minimum atomic E-state index is -0.0390. The van der Waals surface area contributed by atoms with Gasteiger partial charge in [-0.3, -0.25) is 14.8 Å². The molecule has 2 aromatic rings. The number of fused-ring (bicyclic) bond motifs is 1. The van der Waals surface area contributed by atoms with Gasteiger partial charge in [-0.25, -0.2) is 0 Å². The minimum Gasteiger partial charge on any atom is -0.308 e. The Balaban J connectivity index is 1.63. The fraction of sp³-hybridized carbons (Fsp3) is 0.429. The van der Waals surface area contributed by atoms with Crippen LogP contribution in [0.4, 0.5) is 5.82 Å². The van der Waals surface area contributed by atoms with Crippen LogP contribution in [0.5, 0.6) is 0 Å². The first-order valence-corrected chi connectivity index (χ1v) is 7.34. The summed E-state index contributed by atoms with van der Waals surface area (Å²) in [4.78, 5) is 16.5. The van der Waals surface area contributed by atoms with E-state index in [1.807, 2.05) is 6.07 Å². The number of likely N-dealkylation sites (N-methyl/N-ethyl adjacent to an activating group) is 1. The summed E-state index contributed by atoms with van der Waals surface area (Å²) < 4.78 is 0. The minimum absolute atomic E-state index is 0.0390. The smallest absolute Gasteiger partial charge is 0.239 e. The van der Waals surface area contributed by atoms with Crippen LogP contribution >= 0.6 is 11.6 Å². The summed E-state index contributed by atoms with van der Waals surface area (Å²) >= 11 is 5.93. The van der Waals surface area contributed by atoms with Gasteiger partial charge in [-0.15, -0.1) is 0 Å². The number of carbonyl (C=O) groups excluding carboxylic acids is 1. The van der Waals surface area contributed by atoms with Gasteiger partial charge in [-0.05, 0) is 25.2 Å². The van der Waals surface area contributed by atoms with Gasteiger partial charge in [-0.2, -0.15) is 5.10 Å². The van der Waals surface area contributed by atoms with E-state index in [0.29, 0.717) is 17.4 Å². The highest BCUT2D eigenvalue weighted by Gasteiger charge is 2.17. The van der Waals surface area contributed by atoms with Crippen molar-refractivity contribution >= 4 is 34.2 Å². The van der Waals surface area contributed by atoms with E-state index in [1.165, 1.54) is 0 Å². The molecule has 1 saturated heterocycles. The molecule has 1 aliphatic rings. The Morgan fingerprint density at radius 1 is 1.38 bits per heavy atom. The van der Waals surface area contributed by atoms with Crippen molar-refractivity contribution in [2.45, 2.75) is 0 Å². The third kappa shape index (κ3) is 3.34. The Morgan fingerprint density at radius 3 is 2.90 bits per heavy atom. The summed E-state index contributed by atoms with van der Waals surface area (Å²) in [5, 5.41) is 11.4. The molecule has 0 atom stereocenters. The fourth-order valence-electron chi connectivity index (χ4n) is 2.47. The molecule has 1 aromatic carbocycles. The quantitative estimate of drug-likeness (QED) is 0.900. The molecule has 1 aromatic heterocycles. The zero-order chi connectivity index (χ0) is 14.8. The molecule has 0 saturated carbocycles. The van der Waals surface area contributed by atoms with Gasteiger partial charge < -0.3 is 10.2 Å². The van der Waals surface area contributed by atoms with Crippen LogP contribution < -0.4 is 5.32 Å². The molecular weight excluding hydrogens is 290 g/mol. The summed E-state index contributed by atoms with van der Waals surface area (Å²) in [5.41, 5.74) is 0.817. The molecule has 6 nitrogen and oxygen atoms in total. The van der Waals surface area contributed by atoms with Crippen molar-refractivity contribution in [2.24, 2.45) is 0 Å². The van der Waals surface area contributed by atoms with E-state index in [0.717, 1.165) is 37.1 Å². The number of aromatic amines is 1. The Kier molecular flexibility index (Phi) is 4.10. The molecule has 112 valence electrons. The number of hydrogen-bond donors (Lipinski definition) is 2. The molecule has 7 heteroatoms. The van der Waals surface area contributed by atoms with Gasteiger partial charge in [-0.1, -0.05) is 11.6 Å². The second kappa shape index (κ2) is 6.01. The van der Waals surface area contributed by atoms with Crippen LogP contribution in [0.2, 0.25) is 5.02 Å². The first kappa shape index (κ1) is 14.3. The summed E-state index contributed by atoms with van der Waals surface area (Å²) in [7, 11) is 2.10. The number of piperazine rings is 1. The van der Waals surface area contributed by atoms with Crippen LogP contribution in [0.15, 0.2) is 18.2 Å². The second-order valence-electron chi connectivity index (χ2n) is 5.39. The lowest BCUT2D eigenvalue weighted by Crippen LogP contribution is -2.47. The number of halogens is 1. The summed E-state index contributed by atoms with van der Waals surface area (Å²) in [6.07, 6.45) is 0. The molecule has 3 rings (SSSR count). The van der Waals surface area contributed by atoms with E-state index in [-0.39, 0.29) is 5.91 Å². The van der Waals surface area contributed by atoms with Crippen molar-refractivity contribution in [3.63, 3.8) is 0 Å². The van der Waals surface area contributed by atoms with Crippen molar-refractivity contribution in [3.05, 3.63) is 23.2 Å². The highest BCUT2D eigenvalue weighted by Crippen LogP contribution is 2.23. The molecule has 1 amide bonds. The predicted octanol–water partition coefficient (Wildman–Crippen LogP) is 1.40. The standard InChI is InChI=1S/C14H18ClN5O/c1-19-4-6-20(7-5-19)9-13(21)16-14-11-3-2-10(15)8-12(11)17-18-14/h2-3,8H,4-7,9H2,1H3,(H2,16,17,18,21). The number of carbonyl (C=O) groups is 1. The maximum atomic E-state index is 12.1. The third-order valence-corrected chi connectivity index (χ3v) is 3.98. The Labute approximate surface area is 128 Å². The Hall–Kier alpha value is -1.63. The number of amides is 1. The lowest BCUT2D eigenvalue weighted by atomic mass is 10.2. The largest absolute Gasteiger partial charge is 0.308 e. The van der Waals surface area contributed by atoms with E-state index in [1.54, 1.807) is 12.1 Å². The van der Waals surface area contributed by atoms with Gasteiger partial charge in [0, 0.05) is 36.6 Å². The van der Waals surface area contributed by atoms with E-state index < -0.39 is 0 Å². The van der Waals surface area contributed by atoms with Crippen LogP contribution in [0.25, 0.3) is 10.9 Å². The molecule has 2 N–H and O–H groups in total. The summed E-state index contributed by atoms with van der Waals surface area (Å²) in [5.74, 6) is 0.517. The number of benzene rings is 1. The number of anilines is 1. The Bertz CT molecular complexity index is 648. The zero-order valence-corrected chi connectivity index (χ0v) is 12.7. The molecule has 0 spiro atoms. The van der Waals surface area contributed by atoms with Crippen LogP contribution in [0.1, 0.15) is 0 Å². The van der Waals surface area contributed by atoms with Gasteiger partial charge in [0.15, 0.2) is 5.82 Å². The van der Waals surface area contributed by atoms with Crippen LogP contribution in [-0.4, -0.2) is 65.7 Å². The van der Waals surface area contributed by atoms with Gasteiger partial charge in [0.05, 0.1) is 12.1 Å². The molecular formula is C14H18ClN5O. The number of H-pyrrole nitrogens is 1. The number of rotatable bonds is 3. The van der Waals surface area contributed by atoms with Gasteiger partial charge in [0.1, 0.15) is 0 Å². The molecule has 2 heterocycles. The van der Waals surface area contributed by atoms with Crippen LogP contribution in [-0.2, 0) is 4.79 Å². The maximum absolute atomic E-state index is 12.1. The summed E-state index contributed by atoms with van der Waals surface area (Å²) in [6.45, 7) is 4.23. The van der Waals surface area contributed by atoms with E-state index in [9.17, 15) is 4.79 Å². The molecule has 0 unspecified atom stereocenters. The van der Waals surface area contributed by atoms with Gasteiger partial charge in [0.25, 0.3) is 0 Å². The highest BCUT2D eigenvalue weighted by atomic mass is 35.5. The van der Waals surface area contributed by atoms with Crippen molar-refractivity contribution in [1.82, 2.24) is 20.0 Å². The van der Waals surface area contributed by atoms with Crippen LogP contribution in [0.3, 0.4) is 0 Å². The van der Waals surface area contributed by atoms with E-state index >= 15 is 0 Å². The van der Waals surface area contributed by atoms with Gasteiger partial charge in [0.2, 0.25) is 5.91 Å². The monoisotopic (exact) mass is 307 g/mol. The topological polar surface area (TPSA) is 64.3 Å². The van der Waals surface area contributed by atoms with Crippen molar-refractivity contribution < 1.29 is 4.79 Å². The molecule has 1 fully saturated rings. The van der Waals surface area contributed by atoms with Crippen molar-refractivity contribution in [1.29, 1.82) is 0 Å². The number of aromatic nitrogens is 2. The Morgan fingerprint density at radius 2 is 2.14 bits per heavy atom. The molecule has 1 aliphatic heterocycles. The number of hydrogen-bond acceptors (Lipinski definition) is 4.